The number of aromatic nitrogens is 3. The monoisotopic (exact) mass is 591 g/mol. The van der Waals surface area contributed by atoms with E-state index in [1.165, 1.54) is 22.3 Å². The van der Waals surface area contributed by atoms with Gasteiger partial charge in [-0.3, -0.25) is 0 Å². The van der Waals surface area contributed by atoms with E-state index in [1.807, 2.05) is 60.7 Å². The van der Waals surface area contributed by atoms with E-state index >= 15 is 0 Å². The fourth-order valence-corrected chi connectivity index (χ4v) is 6.96. The van der Waals surface area contributed by atoms with Gasteiger partial charge in [0.25, 0.3) is 0 Å². The Labute approximate surface area is 267 Å². The van der Waals surface area contributed by atoms with Crippen LogP contribution in [0.2, 0.25) is 0 Å². The highest BCUT2D eigenvalue weighted by atomic mass is 16.3. The molecule has 0 fully saturated rings. The Kier molecular flexibility index (Phi) is 5.81. The summed E-state index contributed by atoms with van der Waals surface area (Å²) in [6.07, 6.45) is 0. The van der Waals surface area contributed by atoms with Crippen LogP contribution in [0.25, 0.3) is 78.4 Å². The maximum absolute atomic E-state index is 6.66. The van der Waals surface area contributed by atoms with Crippen LogP contribution in [-0.4, -0.2) is 15.0 Å². The minimum Gasteiger partial charge on any atom is -0.455 e. The highest BCUT2D eigenvalue weighted by molar-refractivity contribution is 6.11. The quantitative estimate of drug-likeness (QED) is 0.204. The number of benzene rings is 6. The van der Waals surface area contributed by atoms with E-state index in [0.29, 0.717) is 17.5 Å². The lowest BCUT2D eigenvalue weighted by atomic mass is 9.82. The highest BCUT2D eigenvalue weighted by Crippen LogP contribution is 2.51. The molecule has 4 heteroatoms. The zero-order chi connectivity index (χ0) is 30.8. The van der Waals surface area contributed by atoms with Gasteiger partial charge in [0.1, 0.15) is 11.2 Å². The molecule has 6 aromatic carbocycles. The van der Waals surface area contributed by atoms with Crippen molar-refractivity contribution in [3.8, 4) is 56.4 Å². The first kappa shape index (κ1) is 26.5. The van der Waals surface area contributed by atoms with E-state index in [1.54, 1.807) is 0 Å². The molecule has 46 heavy (non-hydrogen) atoms. The van der Waals surface area contributed by atoms with E-state index in [2.05, 4.69) is 92.7 Å². The average molecular weight is 592 g/mol. The van der Waals surface area contributed by atoms with E-state index in [-0.39, 0.29) is 5.41 Å². The van der Waals surface area contributed by atoms with Gasteiger partial charge in [-0.05, 0) is 39.9 Å². The van der Waals surface area contributed by atoms with Gasteiger partial charge in [-0.15, -0.1) is 0 Å². The molecule has 0 aliphatic heterocycles. The van der Waals surface area contributed by atoms with Crippen molar-refractivity contribution in [2.45, 2.75) is 19.3 Å². The minimum absolute atomic E-state index is 0.0626. The standard InChI is InChI=1S/C42H29N3O/c1-42(2)35-19-10-9-16-31(35)33-25-37-34(24-36(33)42)32-18-11-17-30(38(32)46-37)26-20-22-29(23-21-26)41-44-39(27-12-5-3-6-13-27)43-40(45-41)28-14-7-4-8-15-28/h3-25H,1-2H3. The predicted octanol–water partition coefficient (Wildman–Crippen LogP) is 10.7. The minimum atomic E-state index is -0.0626. The summed E-state index contributed by atoms with van der Waals surface area (Å²) in [6, 6.07) is 48.3. The summed E-state index contributed by atoms with van der Waals surface area (Å²) in [5.41, 5.74) is 12.0. The third kappa shape index (κ3) is 4.11. The van der Waals surface area contributed by atoms with Crippen LogP contribution in [0.15, 0.2) is 144 Å². The summed E-state index contributed by atoms with van der Waals surface area (Å²) >= 11 is 0. The summed E-state index contributed by atoms with van der Waals surface area (Å²) in [6.45, 7) is 4.63. The Bertz CT molecular complexity index is 2370. The third-order valence-corrected chi connectivity index (χ3v) is 9.35. The Morgan fingerprint density at radius 3 is 1.63 bits per heavy atom. The number of hydrogen-bond donors (Lipinski definition) is 0. The Hall–Kier alpha value is -5.87. The molecule has 2 heterocycles. The van der Waals surface area contributed by atoms with Crippen molar-refractivity contribution in [2.75, 3.05) is 0 Å². The highest BCUT2D eigenvalue weighted by Gasteiger charge is 2.36. The van der Waals surface area contributed by atoms with Crippen LogP contribution < -0.4 is 0 Å². The van der Waals surface area contributed by atoms with Crippen LogP contribution in [0.5, 0.6) is 0 Å². The molecular formula is C42H29N3O. The van der Waals surface area contributed by atoms with Crippen LogP contribution in [0.4, 0.5) is 0 Å². The largest absolute Gasteiger partial charge is 0.455 e. The fourth-order valence-electron chi connectivity index (χ4n) is 6.96. The SMILES string of the molecule is CC1(C)c2ccccc2-c2cc3oc4c(-c5ccc(-c6nc(-c7ccccc7)nc(-c7ccccc7)n6)cc5)cccc4c3cc21. The number of para-hydroxylation sites is 1. The predicted molar refractivity (Wildman–Crippen MR) is 186 cm³/mol. The molecule has 0 saturated heterocycles. The number of fused-ring (bicyclic) bond motifs is 6. The van der Waals surface area contributed by atoms with Crippen LogP contribution in [0, 0.1) is 0 Å². The summed E-state index contributed by atoms with van der Waals surface area (Å²) in [5, 5.41) is 2.28. The topological polar surface area (TPSA) is 51.8 Å². The maximum atomic E-state index is 6.66. The van der Waals surface area contributed by atoms with Crippen LogP contribution in [0.3, 0.4) is 0 Å². The molecule has 2 aromatic heterocycles. The van der Waals surface area contributed by atoms with Crippen LogP contribution >= 0.6 is 0 Å². The van der Waals surface area contributed by atoms with Gasteiger partial charge in [0.15, 0.2) is 17.5 Å². The summed E-state index contributed by atoms with van der Waals surface area (Å²) in [4.78, 5) is 14.6. The zero-order valence-electron chi connectivity index (χ0n) is 25.5. The summed E-state index contributed by atoms with van der Waals surface area (Å²) in [7, 11) is 0. The molecule has 0 radical (unpaired) electrons. The van der Waals surface area contributed by atoms with Crippen molar-refractivity contribution in [3.05, 3.63) is 151 Å². The van der Waals surface area contributed by atoms with Crippen molar-refractivity contribution in [1.29, 1.82) is 0 Å². The second-order valence-corrected chi connectivity index (χ2v) is 12.5. The molecule has 0 unspecified atom stereocenters. The summed E-state index contributed by atoms with van der Waals surface area (Å²) in [5.74, 6) is 1.94. The van der Waals surface area contributed by atoms with Gasteiger partial charge in [-0.1, -0.05) is 141 Å². The molecule has 8 aromatic rings. The number of furan rings is 1. The first-order valence-electron chi connectivity index (χ1n) is 15.6. The lowest BCUT2D eigenvalue weighted by molar-refractivity contribution is 0.658. The van der Waals surface area contributed by atoms with Crippen LogP contribution in [0.1, 0.15) is 25.0 Å². The molecule has 9 rings (SSSR count). The third-order valence-electron chi connectivity index (χ3n) is 9.35. The fraction of sp³-hybridized carbons (Fsp3) is 0.0714. The van der Waals surface area contributed by atoms with Gasteiger partial charge in [0, 0.05) is 38.4 Å². The maximum Gasteiger partial charge on any atom is 0.164 e. The van der Waals surface area contributed by atoms with Crippen molar-refractivity contribution >= 4 is 21.9 Å². The number of nitrogens with zero attached hydrogens (tertiary/aromatic N) is 3. The first-order valence-corrected chi connectivity index (χ1v) is 15.6. The first-order chi connectivity index (χ1) is 22.5. The molecular weight excluding hydrogens is 562 g/mol. The van der Waals surface area contributed by atoms with Crippen molar-refractivity contribution in [2.24, 2.45) is 0 Å². The van der Waals surface area contributed by atoms with E-state index in [4.69, 9.17) is 19.4 Å². The Balaban J connectivity index is 1.14. The van der Waals surface area contributed by atoms with Gasteiger partial charge in [-0.2, -0.15) is 0 Å². The Morgan fingerprint density at radius 2 is 0.978 bits per heavy atom. The van der Waals surface area contributed by atoms with Gasteiger partial charge < -0.3 is 4.42 Å². The van der Waals surface area contributed by atoms with Crippen molar-refractivity contribution in [3.63, 3.8) is 0 Å². The molecule has 0 N–H and O–H groups in total. The normalized spacial score (nSPS) is 13.2. The van der Waals surface area contributed by atoms with E-state index < -0.39 is 0 Å². The Morgan fingerprint density at radius 1 is 0.435 bits per heavy atom. The lowest BCUT2D eigenvalue weighted by Gasteiger charge is -2.21. The average Bonchev–Trinajstić information content (AvgIpc) is 3.59. The smallest absolute Gasteiger partial charge is 0.164 e. The van der Waals surface area contributed by atoms with E-state index in [0.717, 1.165) is 49.8 Å². The van der Waals surface area contributed by atoms with E-state index in [9.17, 15) is 0 Å². The van der Waals surface area contributed by atoms with Crippen molar-refractivity contribution < 1.29 is 4.42 Å². The molecule has 0 saturated carbocycles. The van der Waals surface area contributed by atoms with Crippen molar-refractivity contribution in [1.82, 2.24) is 15.0 Å². The molecule has 0 spiro atoms. The number of rotatable bonds is 4. The molecule has 218 valence electrons. The van der Waals surface area contributed by atoms with Gasteiger partial charge in [-0.25, -0.2) is 15.0 Å². The lowest BCUT2D eigenvalue weighted by Crippen LogP contribution is -2.14. The van der Waals surface area contributed by atoms with Gasteiger partial charge in [0.05, 0.1) is 0 Å². The molecule has 0 amide bonds. The van der Waals surface area contributed by atoms with Gasteiger partial charge in [0.2, 0.25) is 0 Å². The molecule has 4 nitrogen and oxygen atoms in total. The molecule has 0 atom stereocenters. The zero-order valence-corrected chi connectivity index (χ0v) is 25.5. The number of hydrogen-bond acceptors (Lipinski definition) is 4. The van der Waals surface area contributed by atoms with Crippen LogP contribution in [-0.2, 0) is 5.41 Å². The molecule has 0 bridgehead atoms. The second-order valence-electron chi connectivity index (χ2n) is 12.5. The molecule has 1 aliphatic rings. The van der Waals surface area contributed by atoms with Gasteiger partial charge >= 0.3 is 0 Å². The molecule has 1 aliphatic carbocycles. The second kappa shape index (κ2) is 10.1. The summed E-state index contributed by atoms with van der Waals surface area (Å²) < 4.78 is 6.66.